The van der Waals surface area contributed by atoms with Crippen LogP contribution in [0.5, 0.6) is 5.75 Å². The fourth-order valence-corrected chi connectivity index (χ4v) is 3.96. The Kier molecular flexibility index (Phi) is 5.94. The summed E-state index contributed by atoms with van der Waals surface area (Å²) in [6.07, 6.45) is 2.20. The highest BCUT2D eigenvalue weighted by Gasteiger charge is 2.48. The number of H-pyrrole nitrogens is 1. The molecule has 2 fully saturated rings. The average Bonchev–Trinajstić information content (AvgIpc) is 3.04. The molecule has 1 N–H and O–H groups in total. The number of aromatic nitrogens is 1. The van der Waals surface area contributed by atoms with Gasteiger partial charge in [-0.05, 0) is 38.2 Å². The van der Waals surface area contributed by atoms with Crippen molar-refractivity contribution in [3.05, 3.63) is 30.0 Å². The lowest BCUT2D eigenvalue weighted by Gasteiger charge is -2.55. The van der Waals surface area contributed by atoms with E-state index in [1.165, 1.54) is 5.56 Å². The van der Waals surface area contributed by atoms with Gasteiger partial charge in [-0.25, -0.2) is 4.79 Å². The van der Waals surface area contributed by atoms with E-state index in [1.807, 2.05) is 38.5 Å². The number of fused-ring (bicyclic) bond motifs is 1. The lowest BCUT2D eigenvalue weighted by Crippen LogP contribution is -2.66. The van der Waals surface area contributed by atoms with Gasteiger partial charge in [-0.2, -0.15) is 0 Å². The van der Waals surface area contributed by atoms with Crippen molar-refractivity contribution in [2.75, 3.05) is 66.9 Å². The number of nitrogens with zero attached hydrogens (tertiary/aromatic N) is 2. The van der Waals surface area contributed by atoms with Crippen LogP contribution < -0.4 is 4.74 Å². The first-order chi connectivity index (χ1) is 14.0. The van der Waals surface area contributed by atoms with Gasteiger partial charge in [0.25, 0.3) is 0 Å². The summed E-state index contributed by atoms with van der Waals surface area (Å²) in [5.74, 6) is 0.693. The van der Waals surface area contributed by atoms with Crippen molar-refractivity contribution in [1.29, 1.82) is 0 Å². The van der Waals surface area contributed by atoms with Gasteiger partial charge < -0.3 is 28.8 Å². The zero-order valence-corrected chi connectivity index (χ0v) is 17.1. The third-order valence-corrected chi connectivity index (χ3v) is 5.53. The van der Waals surface area contributed by atoms with E-state index in [0.29, 0.717) is 17.8 Å². The van der Waals surface area contributed by atoms with Crippen molar-refractivity contribution < 1.29 is 23.7 Å². The molecule has 1 spiro atoms. The SMILES string of the molecule is CN(C)CCc1c[nH]c2cccc(OCOC(=O)OCCN3CC4(COC4)C3)c12. The third kappa shape index (κ3) is 4.66. The molecule has 0 radical (unpaired) electrons. The van der Waals surface area contributed by atoms with Crippen LogP contribution in [0.25, 0.3) is 10.9 Å². The van der Waals surface area contributed by atoms with E-state index in [9.17, 15) is 4.79 Å². The van der Waals surface area contributed by atoms with E-state index in [2.05, 4.69) is 14.8 Å². The van der Waals surface area contributed by atoms with Crippen LogP contribution >= 0.6 is 0 Å². The van der Waals surface area contributed by atoms with E-state index >= 15 is 0 Å². The van der Waals surface area contributed by atoms with Crippen LogP contribution in [0.15, 0.2) is 24.4 Å². The minimum atomic E-state index is -0.707. The average molecular weight is 403 g/mol. The topological polar surface area (TPSA) is 76.3 Å². The maximum absolute atomic E-state index is 11.8. The summed E-state index contributed by atoms with van der Waals surface area (Å²) in [5.41, 5.74) is 2.55. The Morgan fingerprint density at radius 3 is 2.83 bits per heavy atom. The van der Waals surface area contributed by atoms with Crippen LogP contribution in [-0.2, 0) is 20.6 Å². The molecule has 0 unspecified atom stereocenters. The van der Waals surface area contributed by atoms with Crippen LogP contribution in [-0.4, -0.2) is 87.8 Å². The van der Waals surface area contributed by atoms with Gasteiger partial charge in [0.05, 0.1) is 13.2 Å². The molecular formula is C21H29N3O5. The molecule has 8 nitrogen and oxygen atoms in total. The zero-order chi connectivity index (χ0) is 20.3. The van der Waals surface area contributed by atoms with Crippen molar-refractivity contribution in [2.45, 2.75) is 6.42 Å². The Hall–Kier alpha value is -2.29. The van der Waals surface area contributed by atoms with Crippen molar-refractivity contribution >= 4 is 17.1 Å². The normalized spacial score (nSPS) is 17.9. The highest BCUT2D eigenvalue weighted by atomic mass is 16.8. The summed E-state index contributed by atoms with van der Waals surface area (Å²) in [4.78, 5) is 19.5. The van der Waals surface area contributed by atoms with Gasteiger partial charge in [-0.15, -0.1) is 0 Å². The fourth-order valence-electron chi connectivity index (χ4n) is 3.96. The Morgan fingerprint density at radius 2 is 2.10 bits per heavy atom. The quantitative estimate of drug-likeness (QED) is 0.508. The van der Waals surface area contributed by atoms with E-state index in [1.54, 1.807) is 0 Å². The van der Waals surface area contributed by atoms with Gasteiger partial charge >= 0.3 is 6.16 Å². The number of likely N-dealkylation sites (N-methyl/N-ethyl adjacent to an activating group) is 1. The van der Waals surface area contributed by atoms with Crippen LogP contribution in [0.1, 0.15) is 5.56 Å². The summed E-state index contributed by atoms with van der Waals surface area (Å²) >= 11 is 0. The summed E-state index contributed by atoms with van der Waals surface area (Å²) < 4.78 is 21.2. The number of aromatic amines is 1. The molecule has 29 heavy (non-hydrogen) atoms. The number of carbonyl (C=O) groups excluding carboxylic acids is 1. The predicted octanol–water partition coefficient (Wildman–Crippen LogP) is 2.09. The van der Waals surface area contributed by atoms with Crippen molar-refractivity contribution in [2.24, 2.45) is 5.41 Å². The third-order valence-electron chi connectivity index (χ3n) is 5.53. The number of ether oxygens (including phenoxy) is 4. The summed E-state index contributed by atoms with van der Waals surface area (Å²) in [7, 11) is 4.10. The van der Waals surface area contributed by atoms with Crippen LogP contribution in [0.2, 0.25) is 0 Å². The smallest absolute Gasteiger partial charge is 0.457 e. The molecule has 2 saturated heterocycles. The van der Waals surface area contributed by atoms with Gasteiger partial charge in [0.15, 0.2) is 0 Å². The Bertz CT molecular complexity index is 838. The molecule has 0 saturated carbocycles. The minimum Gasteiger partial charge on any atom is -0.457 e. The van der Waals surface area contributed by atoms with Crippen molar-refractivity contribution in [1.82, 2.24) is 14.8 Å². The highest BCUT2D eigenvalue weighted by molar-refractivity contribution is 5.89. The molecule has 1 aromatic carbocycles. The zero-order valence-electron chi connectivity index (χ0n) is 17.1. The summed E-state index contributed by atoms with van der Waals surface area (Å²) in [6.45, 7) is 5.54. The molecule has 2 aliphatic heterocycles. The number of carbonyl (C=O) groups is 1. The van der Waals surface area contributed by atoms with Crippen LogP contribution in [0.4, 0.5) is 4.79 Å². The molecule has 1 aromatic heterocycles. The lowest BCUT2D eigenvalue weighted by atomic mass is 9.78. The molecule has 2 aliphatic rings. The van der Waals surface area contributed by atoms with Gasteiger partial charge in [-0.1, -0.05) is 6.07 Å². The van der Waals surface area contributed by atoms with Crippen molar-refractivity contribution in [3.8, 4) is 5.75 Å². The van der Waals surface area contributed by atoms with Crippen LogP contribution in [0, 0.1) is 5.41 Å². The number of rotatable bonds is 9. The minimum absolute atomic E-state index is 0.180. The first kappa shape index (κ1) is 20.0. The summed E-state index contributed by atoms with van der Waals surface area (Å²) in [6, 6.07) is 5.80. The monoisotopic (exact) mass is 403 g/mol. The molecule has 0 bridgehead atoms. The van der Waals surface area contributed by atoms with Gasteiger partial charge in [-0.3, -0.25) is 4.90 Å². The maximum atomic E-state index is 11.8. The van der Waals surface area contributed by atoms with Gasteiger partial charge in [0, 0.05) is 48.7 Å². The van der Waals surface area contributed by atoms with E-state index in [-0.39, 0.29) is 6.79 Å². The van der Waals surface area contributed by atoms with E-state index < -0.39 is 6.16 Å². The lowest BCUT2D eigenvalue weighted by molar-refractivity contribution is -0.190. The van der Waals surface area contributed by atoms with E-state index in [4.69, 9.17) is 18.9 Å². The number of hydrogen-bond acceptors (Lipinski definition) is 7. The van der Waals surface area contributed by atoms with Crippen molar-refractivity contribution in [3.63, 3.8) is 0 Å². The maximum Gasteiger partial charge on any atom is 0.511 e. The Morgan fingerprint density at radius 1 is 1.28 bits per heavy atom. The predicted molar refractivity (Wildman–Crippen MR) is 108 cm³/mol. The molecular weight excluding hydrogens is 374 g/mol. The van der Waals surface area contributed by atoms with E-state index in [0.717, 1.165) is 56.7 Å². The fraction of sp³-hybridized carbons (Fsp3) is 0.571. The standard InChI is InChI=1S/C21H29N3O5/c1-23(2)7-6-16-10-22-17-4-3-5-18(19(16)17)28-15-29-20(25)27-9-8-24-11-21(12-24)13-26-14-21/h3-5,10,22H,6-9,11-15H2,1-2H3. The largest absolute Gasteiger partial charge is 0.511 e. The summed E-state index contributed by atoms with van der Waals surface area (Å²) in [5, 5.41) is 1.03. The second-order valence-electron chi connectivity index (χ2n) is 8.25. The first-order valence-corrected chi connectivity index (χ1v) is 10.0. The molecule has 0 aliphatic carbocycles. The molecule has 2 aromatic rings. The number of benzene rings is 1. The highest BCUT2D eigenvalue weighted by Crippen LogP contribution is 2.37. The number of nitrogens with one attached hydrogen (secondary N) is 1. The molecule has 0 amide bonds. The first-order valence-electron chi connectivity index (χ1n) is 10.0. The molecule has 3 heterocycles. The van der Waals surface area contributed by atoms with Gasteiger partial charge in [0.1, 0.15) is 12.4 Å². The Labute approximate surface area is 170 Å². The molecule has 4 rings (SSSR count). The second-order valence-corrected chi connectivity index (χ2v) is 8.25. The second kappa shape index (κ2) is 8.61. The van der Waals surface area contributed by atoms with Crippen LogP contribution in [0.3, 0.4) is 0 Å². The molecule has 0 atom stereocenters. The van der Waals surface area contributed by atoms with Gasteiger partial charge in [0.2, 0.25) is 6.79 Å². The number of likely N-dealkylation sites (tertiary alicyclic amines) is 1. The molecule has 8 heteroatoms. The number of hydrogen-bond donors (Lipinski definition) is 1. The Balaban J connectivity index is 1.20. The molecule has 158 valence electrons.